The van der Waals surface area contributed by atoms with Gasteiger partial charge >= 0.3 is 0 Å². The Labute approximate surface area is 92.2 Å². The maximum Gasteiger partial charge on any atom is 0.00178 e. The van der Waals surface area contributed by atoms with E-state index in [1.54, 1.807) is 5.57 Å². The van der Waals surface area contributed by atoms with Crippen molar-refractivity contribution in [2.45, 2.75) is 13.8 Å². The Morgan fingerprint density at radius 3 is 2.60 bits per heavy atom. The van der Waals surface area contributed by atoms with E-state index >= 15 is 0 Å². The van der Waals surface area contributed by atoms with Crippen molar-refractivity contribution in [1.82, 2.24) is 5.32 Å². The van der Waals surface area contributed by atoms with E-state index in [4.69, 9.17) is 0 Å². The van der Waals surface area contributed by atoms with E-state index in [1.807, 2.05) is 0 Å². The fourth-order valence-corrected chi connectivity index (χ4v) is 2.65. The molecule has 15 heavy (non-hydrogen) atoms. The first-order chi connectivity index (χ1) is 6.93. The minimum Gasteiger partial charge on any atom is -0.316 e. The predicted molar refractivity (Wildman–Crippen MR) is 65.6 cm³/mol. The molecule has 1 aliphatic carbocycles. The first-order valence-corrected chi connectivity index (χ1v) is 5.40. The molecular formula is C14H19N. The van der Waals surface area contributed by atoms with Gasteiger partial charge in [0, 0.05) is 6.54 Å². The first-order valence-electron chi connectivity index (χ1n) is 5.40. The van der Waals surface area contributed by atoms with Gasteiger partial charge < -0.3 is 5.32 Å². The van der Waals surface area contributed by atoms with Crippen LogP contribution in [0.15, 0.2) is 36.4 Å². The van der Waals surface area contributed by atoms with Gasteiger partial charge in [-0.25, -0.2) is 0 Å². The summed E-state index contributed by atoms with van der Waals surface area (Å²) >= 11 is 0. The first kappa shape index (κ1) is 10.4. The molecule has 80 valence electrons. The van der Waals surface area contributed by atoms with Gasteiger partial charge in [-0.15, -0.1) is 0 Å². The number of hydrogen-bond acceptors (Lipinski definition) is 1. The lowest BCUT2D eigenvalue weighted by molar-refractivity contribution is 0.536. The van der Waals surface area contributed by atoms with Crippen LogP contribution in [0.3, 0.4) is 0 Å². The lowest BCUT2D eigenvalue weighted by Gasteiger charge is -2.06. The highest BCUT2D eigenvalue weighted by Gasteiger charge is 2.31. The maximum absolute atomic E-state index is 3.45. The standard InChI is InChI=1S/C13H15N.CH4/c1-2-4-10(5-3-1)11-6-12-8-14-9-13(12)7-11;/h1-6,12-14H,7-9H2;1H4. The zero-order valence-corrected chi connectivity index (χ0v) is 8.24. The molecule has 0 amide bonds. The Morgan fingerprint density at radius 2 is 1.87 bits per heavy atom. The third kappa shape index (κ3) is 1.84. The number of fused-ring (bicyclic) bond motifs is 1. The Morgan fingerprint density at radius 1 is 1.07 bits per heavy atom. The minimum atomic E-state index is 0. The zero-order chi connectivity index (χ0) is 9.38. The van der Waals surface area contributed by atoms with Crippen LogP contribution in [0.2, 0.25) is 0 Å². The topological polar surface area (TPSA) is 12.0 Å². The van der Waals surface area contributed by atoms with Crippen LogP contribution in [0.1, 0.15) is 19.4 Å². The molecular weight excluding hydrogens is 182 g/mol. The Kier molecular flexibility index (Phi) is 2.92. The molecule has 0 saturated carbocycles. The second-order valence-corrected chi connectivity index (χ2v) is 4.34. The summed E-state index contributed by atoms with van der Waals surface area (Å²) in [7, 11) is 0. The van der Waals surface area contributed by atoms with Crippen molar-refractivity contribution in [2.24, 2.45) is 11.8 Å². The molecule has 2 unspecified atom stereocenters. The number of hydrogen-bond donors (Lipinski definition) is 1. The SMILES string of the molecule is C.C1=C(c2ccccc2)CC2CNCC12. The van der Waals surface area contributed by atoms with Gasteiger partial charge in [0.25, 0.3) is 0 Å². The minimum absolute atomic E-state index is 0. The maximum atomic E-state index is 3.45. The molecule has 1 aromatic rings. The molecule has 1 fully saturated rings. The molecule has 0 spiro atoms. The van der Waals surface area contributed by atoms with E-state index < -0.39 is 0 Å². The van der Waals surface area contributed by atoms with Gasteiger partial charge in [0.15, 0.2) is 0 Å². The van der Waals surface area contributed by atoms with Crippen LogP contribution in [0.4, 0.5) is 0 Å². The summed E-state index contributed by atoms with van der Waals surface area (Å²) in [6.07, 6.45) is 3.74. The molecule has 1 heterocycles. The summed E-state index contributed by atoms with van der Waals surface area (Å²) in [5, 5.41) is 3.45. The van der Waals surface area contributed by atoms with Gasteiger partial charge in [0.2, 0.25) is 0 Å². The Hall–Kier alpha value is -1.08. The van der Waals surface area contributed by atoms with Crippen molar-refractivity contribution >= 4 is 5.57 Å². The summed E-state index contributed by atoms with van der Waals surface area (Å²) in [5.74, 6) is 1.66. The van der Waals surface area contributed by atoms with Gasteiger partial charge in [-0.3, -0.25) is 0 Å². The normalized spacial score (nSPS) is 28.1. The Balaban J connectivity index is 0.000000853. The van der Waals surface area contributed by atoms with Gasteiger partial charge in [0.05, 0.1) is 0 Å². The average molecular weight is 201 g/mol. The van der Waals surface area contributed by atoms with Crippen LogP contribution < -0.4 is 5.32 Å². The summed E-state index contributed by atoms with van der Waals surface area (Å²) in [6, 6.07) is 10.8. The molecule has 0 radical (unpaired) electrons. The van der Waals surface area contributed by atoms with E-state index in [0.29, 0.717) is 0 Å². The Bertz CT molecular complexity index is 353. The van der Waals surface area contributed by atoms with Gasteiger partial charge in [-0.05, 0) is 35.9 Å². The van der Waals surface area contributed by atoms with Crippen molar-refractivity contribution in [3.05, 3.63) is 42.0 Å². The van der Waals surface area contributed by atoms with Crippen LogP contribution in [-0.2, 0) is 0 Å². The number of rotatable bonds is 1. The van der Waals surface area contributed by atoms with Crippen molar-refractivity contribution in [1.29, 1.82) is 0 Å². The number of benzene rings is 1. The third-order valence-electron chi connectivity index (χ3n) is 3.43. The zero-order valence-electron chi connectivity index (χ0n) is 8.24. The van der Waals surface area contributed by atoms with Crippen molar-refractivity contribution < 1.29 is 0 Å². The van der Waals surface area contributed by atoms with E-state index in [9.17, 15) is 0 Å². The van der Waals surface area contributed by atoms with Crippen LogP contribution in [0.5, 0.6) is 0 Å². The molecule has 1 aliphatic heterocycles. The van der Waals surface area contributed by atoms with Gasteiger partial charge in [0.1, 0.15) is 0 Å². The van der Waals surface area contributed by atoms with Crippen LogP contribution >= 0.6 is 0 Å². The van der Waals surface area contributed by atoms with E-state index in [2.05, 4.69) is 41.7 Å². The molecule has 1 N–H and O–H groups in total. The molecule has 1 aromatic carbocycles. The van der Waals surface area contributed by atoms with Crippen LogP contribution in [-0.4, -0.2) is 13.1 Å². The van der Waals surface area contributed by atoms with E-state index in [-0.39, 0.29) is 7.43 Å². The average Bonchev–Trinajstić information content (AvgIpc) is 2.78. The molecule has 0 bridgehead atoms. The van der Waals surface area contributed by atoms with E-state index in [1.165, 1.54) is 25.1 Å². The molecule has 2 atom stereocenters. The monoisotopic (exact) mass is 201 g/mol. The predicted octanol–water partition coefficient (Wildman–Crippen LogP) is 2.95. The van der Waals surface area contributed by atoms with Crippen molar-refractivity contribution in [3.63, 3.8) is 0 Å². The largest absolute Gasteiger partial charge is 0.316 e. The van der Waals surface area contributed by atoms with Crippen LogP contribution in [0.25, 0.3) is 5.57 Å². The second-order valence-electron chi connectivity index (χ2n) is 4.34. The summed E-state index contributed by atoms with van der Waals surface area (Å²) < 4.78 is 0. The molecule has 3 rings (SSSR count). The lowest BCUT2D eigenvalue weighted by Crippen LogP contribution is -2.09. The molecule has 0 aromatic heterocycles. The summed E-state index contributed by atoms with van der Waals surface area (Å²) in [6.45, 7) is 2.39. The fourth-order valence-electron chi connectivity index (χ4n) is 2.65. The van der Waals surface area contributed by atoms with Crippen molar-refractivity contribution in [2.75, 3.05) is 13.1 Å². The van der Waals surface area contributed by atoms with Crippen LogP contribution in [0, 0.1) is 11.8 Å². The smallest absolute Gasteiger partial charge is 0.00178 e. The second kappa shape index (κ2) is 4.19. The lowest BCUT2D eigenvalue weighted by atomic mass is 9.98. The highest BCUT2D eigenvalue weighted by atomic mass is 14.9. The summed E-state index contributed by atoms with van der Waals surface area (Å²) in [4.78, 5) is 0. The highest BCUT2D eigenvalue weighted by Crippen LogP contribution is 2.37. The number of nitrogens with one attached hydrogen (secondary N) is 1. The summed E-state index contributed by atoms with van der Waals surface area (Å²) in [5.41, 5.74) is 2.98. The molecule has 1 heteroatoms. The highest BCUT2D eigenvalue weighted by molar-refractivity contribution is 5.68. The molecule has 1 nitrogen and oxygen atoms in total. The van der Waals surface area contributed by atoms with Gasteiger partial charge in [-0.2, -0.15) is 0 Å². The van der Waals surface area contributed by atoms with E-state index in [0.717, 1.165) is 11.8 Å². The quantitative estimate of drug-likeness (QED) is 0.736. The fraction of sp³-hybridized carbons (Fsp3) is 0.429. The molecule has 1 saturated heterocycles. The van der Waals surface area contributed by atoms with Gasteiger partial charge in [-0.1, -0.05) is 43.8 Å². The third-order valence-corrected chi connectivity index (χ3v) is 3.43. The molecule has 2 aliphatic rings. The number of allylic oxidation sites excluding steroid dienone is 1. The van der Waals surface area contributed by atoms with Crippen molar-refractivity contribution in [3.8, 4) is 0 Å².